The molecule has 0 aliphatic heterocycles. The number of alkyl halides is 1. The van der Waals surface area contributed by atoms with Crippen LogP contribution >= 0.6 is 15.9 Å². The Morgan fingerprint density at radius 3 is 2.73 bits per heavy atom. The fourth-order valence-electron chi connectivity index (χ4n) is 1.82. The van der Waals surface area contributed by atoms with E-state index in [1.165, 1.54) is 38.5 Å². The minimum absolute atomic E-state index is 0.753. The molecule has 1 aliphatic rings. The minimum atomic E-state index is 0.753. The summed E-state index contributed by atoms with van der Waals surface area (Å²) in [4.78, 5) is 0.753. The molecule has 1 saturated carbocycles. The van der Waals surface area contributed by atoms with Crippen molar-refractivity contribution in [2.75, 3.05) is 0 Å². The number of rotatable bonds is 2. The summed E-state index contributed by atoms with van der Waals surface area (Å²) in [5.74, 6) is 0.856. The molecule has 2 atom stereocenters. The van der Waals surface area contributed by atoms with Gasteiger partial charge in [-0.25, -0.2) is 0 Å². The van der Waals surface area contributed by atoms with Gasteiger partial charge in [0, 0.05) is 4.83 Å². The van der Waals surface area contributed by atoms with Crippen molar-refractivity contribution in [1.82, 2.24) is 0 Å². The average Bonchev–Trinajstić information content (AvgIpc) is 2.18. The predicted molar refractivity (Wildman–Crippen MR) is 54.1 cm³/mol. The van der Waals surface area contributed by atoms with E-state index in [-0.39, 0.29) is 0 Å². The summed E-state index contributed by atoms with van der Waals surface area (Å²) in [5, 5.41) is 0. The lowest BCUT2D eigenvalue weighted by molar-refractivity contribution is 0.484. The number of halogens is 1. The first-order valence-electron chi connectivity index (χ1n) is 4.59. The molecule has 64 valence electrons. The second kappa shape index (κ2) is 4.97. The first kappa shape index (κ1) is 9.31. The summed E-state index contributed by atoms with van der Waals surface area (Å²) in [5.41, 5.74) is 0. The van der Waals surface area contributed by atoms with E-state index in [0.29, 0.717) is 0 Å². The maximum absolute atomic E-state index is 3.80. The molecule has 0 aromatic rings. The third-order valence-corrected chi connectivity index (χ3v) is 3.74. The van der Waals surface area contributed by atoms with Gasteiger partial charge in [0.05, 0.1) is 0 Å². The Labute approximate surface area is 78.2 Å². The van der Waals surface area contributed by atoms with Crippen LogP contribution in [0.1, 0.15) is 38.5 Å². The van der Waals surface area contributed by atoms with Crippen molar-refractivity contribution in [3.05, 3.63) is 12.7 Å². The van der Waals surface area contributed by atoms with Gasteiger partial charge in [-0.2, -0.15) is 0 Å². The monoisotopic (exact) mass is 216 g/mol. The van der Waals surface area contributed by atoms with Gasteiger partial charge in [0.2, 0.25) is 0 Å². The van der Waals surface area contributed by atoms with Crippen LogP contribution in [0.5, 0.6) is 0 Å². The van der Waals surface area contributed by atoms with Crippen LogP contribution < -0.4 is 0 Å². The summed E-state index contributed by atoms with van der Waals surface area (Å²) < 4.78 is 0. The molecule has 0 heterocycles. The molecule has 0 saturated heterocycles. The SMILES string of the molecule is C=CCC1CCCCCC1Br. The van der Waals surface area contributed by atoms with Crippen LogP contribution in [-0.2, 0) is 0 Å². The number of allylic oxidation sites excluding steroid dienone is 1. The van der Waals surface area contributed by atoms with Gasteiger partial charge in [-0.05, 0) is 25.2 Å². The van der Waals surface area contributed by atoms with Crippen LogP contribution in [0.2, 0.25) is 0 Å². The zero-order valence-electron chi connectivity index (χ0n) is 7.06. The number of hydrogen-bond acceptors (Lipinski definition) is 0. The Balaban J connectivity index is 2.38. The molecule has 1 heteroatoms. The largest absolute Gasteiger partial charge is 0.103 e. The zero-order chi connectivity index (χ0) is 8.10. The van der Waals surface area contributed by atoms with Crippen LogP contribution in [0.15, 0.2) is 12.7 Å². The molecule has 0 N–H and O–H groups in total. The van der Waals surface area contributed by atoms with Gasteiger partial charge in [-0.1, -0.05) is 41.3 Å². The molecule has 0 bridgehead atoms. The van der Waals surface area contributed by atoms with E-state index in [4.69, 9.17) is 0 Å². The molecule has 11 heavy (non-hydrogen) atoms. The molecule has 0 spiro atoms. The molecule has 2 unspecified atom stereocenters. The van der Waals surface area contributed by atoms with Crippen LogP contribution in [0.3, 0.4) is 0 Å². The molecule has 0 nitrogen and oxygen atoms in total. The van der Waals surface area contributed by atoms with Crippen LogP contribution in [-0.4, -0.2) is 4.83 Å². The maximum atomic E-state index is 3.80. The van der Waals surface area contributed by atoms with Gasteiger partial charge in [0.25, 0.3) is 0 Å². The van der Waals surface area contributed by atoms with Crippen molar-refractivity contribution in [3.8, 4) is 0 Å². The first-order valence-corrected chi connectivity index (χ1v) is 5.51. The van der Waals surface area contributed by atoms with Crippen molar-refractivity contribution in [3.63, 3.8) is 0 Å². The summed E-state index contributed by atoms with van der Waals surface area (Å²) in [6.07, 6.45) is 10.3. The highest BCUT2D eigenvalue weighted by molar-refractivity contribution is 9.09. The van der Waals surface area contributed by atoms with Crippen molar-refractivity contribution in [1.29, 1.82) is 0 Å². The quantitative estimate of drug-likeness (QED) is 0.373. The molecule has 1 aliphatic carbocycles. The van der Waals surface area contributed by atoms with E-state index in [1.807, 2.05) is 0 Å². The normalized spacial score (nSPS) is 32.8. The van der Waals surface area contributed by atoms with Crippen molar-refractivity contribution in [2.24, 2.45) is 5.92 Å². The topological polar surface area (TPSA) is 0 Å². The molecule has 0 aromatic carbocycles. The van der Waals surface area contributed by atoms with E-state index < -0.39 is 0 Å². The summed E-state index contributed by atoms with van der Waals surface area (Å²) in [6.45, 7) is 3.80. The van der Waals surface area contributed by atoms with E-state index in [9.17, 15) is 0 Å². The Kier molecular flexibility index (Phi) is 4.21. The Hall–Kier alpha value is 0.220. The average molecular weight is 217 g/mol. The zero-order valence-corrected chi connectivity index (χ0v) is 8.65. The van der Waals surface area contributed by atoms with Gasteiger partial charge in [0.1, 0.15) is 0 Å². The molecular weight excluding hydrogens is 200 g/mol. The fraction of sp³-hybridized carbons (Fsp3) is 0.800. The van der Waals surface area contributed by atoms with Crippen molar-refractivity contribution < 1.29 is 0 Å². The lowest BCUT2D eigenvalue weighted by Gasteiger charge is -2.17. The summed E-state index contributed by atoms with van der Waals surface area (Å²) >= 11 is 3.76. The summed E-state index contributed by atoms with van der Waals surface area (Å²) in [6, 6.07) is 0. The Bertz CT molecular complexity index is 120. The van der Waals surface area contributed by atoms with Gasteiger partial charge in [-0.15, -0.1) is 6.58 Å². The van der Waals surface area contributed by atoms with Gasteiger partial charge < -0.3 is 0 Å². The molecule has 0 amide bonds. The lowest BCUT2D eigenvalue weighted by Crippen LogP contribution is -2.11. The molecular formula is C10H17Br. The lowest BCUT2D eigenvalue weighted by atomic mass is 9.97. The predicted octanol–water partition coefficient (Wildman–Crippen LogP) is 3.91. The van der Waals surface area contributed by atoms with E-state index in [0.717, 1.165) is 10.7 Å². The van der Waals surface area contributed by atoms with Crippen molar-refractivity contribution in [2.45, 2.75) is 43.4 Å². The molecule has 0 radical (unpaired) electrons. The van der Waals surface area contributed by atoms with Gasteiger partial charge in [-0.3, -0.25) is 0 Å². The summed E-state index contributed by atoms with van der Waals surface area (Å²) in [7, 11) is 0. The highest BCUT2D eigenvalue weighted by Gasteiger charge is 2.19. The third-order valence-electron chi connectivity index (χ3n) is 2.54. The van der Waals surface area contributed by atoms with Gasteiger partial charge in [0.15, 0.2) is 0 Å². The van der Waals surface area contributed by atoms with E-state index in [1.54, 1.807) is 0 Å². The second-order valence-electron chi connectivity index (χ2n) is 3.44. The van der Waals surface area contributed by atoms with E-state index in [2.05, 4.69) is 28.6 Å². The van der Waals surface area contributed by atoms with E-state index >= 15 is 0 Å². The molecule has 1 rings (SSSR count). The second-order valence-corrected chi connectivity index (χ2v) is 4.61. The van der Waals surface area contributed by atoms with Crippen molar-refractivity contribution >= 4 is 15.9 Å². The maximum Gasteiger partial charge on any atom is 0.0177 e. The highest BCUT2D eigenvalue weighted by atomic mass is 79.9. The fourth-order valence-corrected chi connectivity index (χ4v) is 2.62. The van der Waals surface area contributed by atoms with Crippen LogP contribution in [0.25, 0.3) is 0 Å². The first-order chi connectivity index (χ1) is 5.34. The third kappa shape index (κ3) is 2.98. The number of hydrogen-bond donors (Lipinski definition) is 0. The van der Waals surface area contributed by atoms with Crippen LogP contribution in [0, 0.1) is 5.92 Å². The Morgan fingerprint density at radius 2 is 2.00 bits per heavy atom. The highest BCUT2D eigenvalue weighted by Crippen LogP contribution is 2.30. The Morgan fingerprint density at radius 1 is 1.27 bits per heavy atom. The standard InChI is InChI=1S/C10H17Br/c1-2-6-9-7-4-3-5-8-10(9)11/h2,9-10H,1,3-8H2. The minimum Gasteiger partial charge on any atom is -0.103 e. The van der Waals surface area contributed by atoms with Crippen LogP contribution in [0.4, 0.5) is 0 Å². The molecule has 1 fully saturated rings. The smallest absolute Gasteiger partial charge is 0.0177 e. The molecule has 0 aromatic heterocycles. The van der Waals surface area contributed by atoms with Gasteiger partial charge >= 0.3 is 0 Å².